The molecule has 4 aromatic rings. The molecule has 1 N–H and O–H groups in total. The quantitative estimate of drug-likeness (QED) is 0.552. The van der Waals surface area contributed by atoms with Gasteiger partial charge in [0.15, 0.2) is 5.78 Å². The first-order chi connectivity index (χ1) is 13.6. The fourth-order valence-corrected chi connectivity index (χ4v) is 2.71. The number of nitrogens with zero attached hydrogens (tertiary/aromatic N) is 4. The van der Waals surface area contributed by atoms with Crippen LogP contribution in [0.15, 0.2) is 67.5 Å². The standard InChI is InChI=1S/C20H12FN5O2/c21-15-3-4-17(25-10-15)26-20(28)16-7-13(6-12-2-1-5-24-18(12)16)19(27)14-8-22-11-23-9-14/h1-11H,(H,25,26,28). The molecule has 0 fully saturated rings. The van der Waals surface area contributed by atoms with E-state index in [9.17, 15) is 14.0 Å². The van der Waals surface area contributed by atoms with E-state index in [0.717, 1.165) is 6.20 Å². The molecule has 1 amide bonds. The summed E-state index contributed by atoms with van der Waals surface area (Å²) in [5.41, 5.74) is 1.23. The summed E-state index contributed by atoms with van der Waals surface area (Å²) in [6, 6.07) is 9.13. The van der Waals surface area contributed by atoms with Gasteiger partial charge >= 0.3 is 0 Å². The molecule has 0 bridgehead atoms. The van der Waals surface area contributed by atoms with Crippen molar-refractivity contribution in [2.24, 2.45) is 0 Å². The molecule has 28 heavy (non-hydrogen) atoms. The van der Waals surface area contributed by atoms with Crippen LogP contribution in [-0.4, -0.2) is 31.6 Å². The van der Waals surface area contributed by atoms with Gasteiger partial charge < -0.3 is 5.32 Å². The number of aromatic nitrogens is 4. The zero-order valence-corrected chi connectivity index (χ0v) is 14.3. The molecular weight excluding hydrogens is 361 g/mol. The Balaban J connectivity index is 1.77. The SMILES string of the molecule is O=C(c1cncnc1)c1cc(C(=O)Nc2ccc(F)cn2)c2ncccc2c1. The molecule has 3 heterocycles. The fourth-order valence-electron chi connectivity index (χ4n) is 2.71. The number of hydrogen-bond donors (Lipinski definition) is 1. The van der Waals surface area contributed by atoms with E-state index in [2.05, 4.69) is 25.3 Å². The van der Waals surface area contributed by atoms with Gasteiger partial charge in [-0.15, -0.1) is 0 Å². The largest absolute Gasteiger partial charge is 0.306 e. The normalized spacial score (nSPS) is 10.6. The second kappa shape index (κ2) is 7.28. The van der Waals surface area contributed by atoms with E-state index in [0.29, 0.717) is 22.0 Å². The highest BCUT2D eigenvalue weighted by atomic mass is 19.1. The number of pyridine rings is 2. The molecule has 0 radical (unpaired) electrons. The summed E-state index contributed by atoms with van der Waals surface area (Å²) in [5, 5.41) is 3.22. The van der Waals surface area contributed by atoms with Crippen molar-refractivity contribution in [2.75, 3.05) is 5.32 Å². The molecule has 0 spiro atoms. The maximum absolute atomic E-state index is 13.0. The van der Waals surface area contributed by atoms with Gasteiger partial charge in [-0.1, -0.05) is 6.07 Å². The van der Waals surface area contributed by atoms with Gasteiger partial charge in [0.25, 0.3) is 5.91 Å². The molecule has 0 saturated carbocycles. The van der Waals surface area contributed by atoms with Crippen LogP contribution in [0.1, 0.15) is 26.3 Å². The summed E-state index contributed by atoms with van der Waals surface area (Å²) in [4.78, 5) is 41.4. The van der Waals surface area contributed by atoms with Crippen molar-refractivity contribution in [2.45, 2.75) is 0 Å². The summed E-state index contributed by atoms with van der Waals surface area (Å²) >= 11 is 0. The molecule has 0 atom stereocenters. The summed E-state index contributed by atoms with van der Waals surface area (Å²) in [6.45, 7) is 0. The van der Waals surface area contributed by atoms with Crippen molar-refractivity contribution in [3.8, 4) is 0 Å². The van der Waals surface area contributed by atoms with Gasteiger partial charge in [-0.25, -0.2) is 19.3 Å². The Morgan fingerprint density at radius 1 is 0.929 bits per heavy atom. The summed E-state index contributed by atoms with van der Waals surface area (Å²) in [6.07, 6.45) is 6.70. The van der Waals surface area contributed by atoms with Gasteiger partial charge in [0.1, 0.15) is 18.0 Å². The van der Waals surface area contributed by atoms with Crippen molar-refractivity contribution < 1.29 is 14.0 Å². The molecule has 7 nitrogen and oxygen atoms in total. The first-order valence-corrected chi connectivity index (χ1v) is 8.23. The summed E-state index contributed by atoms with van der Waals surface area (Å²) in [7, 11) is 0. The number of carbonyl (C=O) groups excluding carboxylic acids is 2. The lowest BCUT2D eigenvalue weighted by atomic mass is 9.99. The zero-order chi connectivity index (χ0) is 19.5. The molecule has 0 aliphatic carbocycles. The molecule has 8 heteroatoms. The summed E-state index contributed by atoms with van der Waals surface area (Å²) in [5.74, 6) is -1.16. The molecule has 0 unspecified atom stereocenters. The van der Waals surface area contributed by atoms with Gasteiger partial charge in [-0.05, 0) is 30.3 Å². The minimum absolute atomic E-state index is 0.184. The highest BCUT2D eigenvalue weighted by Crippen LogP contribution is 2.22. The average Bonchev–Trinajstić information content (AvgIpc) is 2.74. The van der Waals surface area contributed by atoms with E-state index < -0.39 is 11.7 Å². The van der Waals surface area contributed by atoms with E-state index in [4.69, 9.17) is 0 Å². The second-order valence-corrected chi connectivity index (χ2v) is 5.87. The van der Waals surface area contributed by atoms with Crippen molar-refractivity contribution >= 4 is 28.4 Å². The van der Waals surface area contributed by atoms with Crippen molar-refractivity contribution in [1.29, 1.82) is 0 Å². The highest BCUT2D eigenvalue weighted by Gasteiger charge is 2.18. The Kier molecular flexibility index (Phi) is 4.51. The van der Waals surface area contributed by atoms with Crippen LogP contribution in [0.25, 0.3) is 10.9 Å². The van der Waals surface area contributed by atoms with Crippen LogP contribution in [0.2, 0.25) is 0 Å². The Bertz CT molecular complexity index is 1180. The third kappa shape index (κ3) is 3.43. The van der Waals surface area contributed by atoms with E-state index in [1.807, 2.05) is 0 Å². The van der Waals surface area contributed by atoms with Gasteiger partial charge in [-0.2, -0.15) is 0 Å². The summed E-state index contributed by atoms with van der Waals surface area (Å²) < 4.78 is 13.0. The minimum atomic E-state index is -0.512. The molecule has 4 rings (SSSR count). The fraction of sp³-hybridized carbons (Fsp3) is 0. The lowest BCUT2D eigenvalue weighted by Crippen LogP contribution is -2.15. The molecular formula is C20H12FN5O2. The maximum atomic E-state index is 13.0. The number of hydrogen-bond acceptors (Lipinski definition) is 6. The zero-order valence-electron chi connectivity index (χ0n) is 14.3. The Labute approximate surface area is 158 Å². The smallest absolute Gasteiger partial charge is 0.259 e. The molecule has 0 aliphatic rings. The van der Waals surface area contributed by atoms with Crippen molar-refractivity contribution in [1.82, 2.24) is 19.9 Å². The first-order valence-electron chi connectivity index (χ1n) is 8.23. The molecule has 136 valence electrons. The number of anilines is 1. The van der Waals surface area contributed by atoms with Crippen LogP contribution < -0.4 is 5.32 Å². The number of fused-ring (bicyclic) bond motifs is 1. The van der Waals surface area contributed by atoms with Gasteiger partial charge in [0, 0.05) is 29.5 Å². The number of ketones is 1. The van der Waals surface area contributed by atoms with Crippen LogP contribution >= 0.6 is 0 Å². The minimum Gasteiger partial charge on any atom is -0.306 e. The van der Waals surface area contributed by atoms with Crippen molar-refractivity contribution in [3.63, 3.8) is 0 Å². The van der Waals surface area contributed by atoms with Gasteiger partial charge in [0.05, 0.1) is 22.8 Å². The number of benzene rings is 1. The lowest BCUT2D eigenvalue weighted by molar-refractivity contribution is 0.102. The van der Waals surface area contributed by atoms with Crippen LogP contribution in [0.3, 0.4) is 0 Å². The predicted molar refractivity (Wildman–Crippen MR) is 99.4 cm³/mol. The second-order valence-electron chi connectivity index (χ2n) is 5.87. The van der Waals surface area contributed by atoms with Crippen LogP contribution in [-0.2, 0) is 0 Å². The van der Waals surface area contributed by atoms with Crippen LogP contribution in [0.4, 0.5) is 10.2 Å². The Hall–Kier alpha value is -4.07. The molecule has 1 aromatic carbocycles. The molecule has 0 aliphatic heterocycles. The van der Waals surface area contributed by atoms with Gasteiger partial charge in [-0.3, -0.25) is 14.6 Å². The lowest BCUT2D eigenvalue weighted by Gasteiger charge is -2.10. The number of amides is 1. The number of carbonyl (C=O) groups is 2. The predicted octanol–water partition coefficient (Wildman–Crippen LogP) is 3.04. The third-order valence-electron chi connectivity index (χ3n) is 4.00. The van der Waals surface area contributed by atoms with E-state index in [-0.39, 0.29) is 17.2 Å². The Morgan fingerprint density at radius 2 is 1.75 bits per heavy atom. The number of nitrogens with one attached hydrogen (secondary N) is 1. The maximum Gasteiger partial charge on any atom is 0.259 e. The van der Waals surface area contributed by atoms with E-state index in [1.165, 1.54) is 36.9 Å². The third-order valence-corrected chi connectivity index (χ3v) is 4.00. The Morgan fingerprint density at radius 3 is 2.50 bits per heavy atom. The topological polar surface area (TPSA) is 97.7 Å². The van der Waals surface area contributed by atoms with Crippen LogP contribution in [0, 0.1) is 5.82 Å². The average molecular weight is 373 g/mol. The van der Waals surface area contributed by atoms with E-state index in [1.54, 1.807) is 24.4 Å². The van der Waals surface area contributed by atoms with Gasteiger partial charge in [0.2, 0.25) is 0 Å². The number of halogens is 1. The van der Waals surface area contributed by atoms with Crippen LogP contribution in [0.5, 0.6) is 0 Å². The number of rotatable bonds is 4. The first kappa shape index (κ1) is 17.3. The van der Waals surface area contributed by atoms with Crippen molar-refractivity contribution in [3.05, 3.63) is 90.0 Å². The van der Waals surface area contributed by atoms with E-state index >= 15 is 0 Å². The monoisotopic (exact) mass is 373 g/mol. The molecule has 0 saturated heterocycles. The molecule has 3 aromatic heterocycles. The highest BCUT2D eigenvalue weighted by molar-refractivity contribution is 6.16.